The predicted octanol–water partition coefficient (Wildman–Crippen LogP) is 2.23. The van der Waals surface area contributed by atoms with Crippen LogP contribution in [0.15, 0.2) is 40.9 Å². The maximum atomic E-state index is 11.7. The molecule has 2 heterocycles. The molecule has 120 valence electrons. The Bertz CT molecular complexity index is 688. The van der Waals surface area contributed by atoms with Crippen LogP contribution in [0, 0.1) is 0 Å². The summed E-state index contributed by atoms with van der Waals surface area (Å²) in [6.07, 6.45) is 0.0192. The number of carboxylic acids is 1. The molecular formula is C15H14N2O5S. The predicted molar refractivity (Wildman–Crippen MR) is 83.5 cm³/mol. The third-order valence-corrected chi connectivity index (χ3v) is 4.81. The molecule has 23 heavy (non-hydrogen) atoms. The molecule has 1 aromatic rings. The van der Waals surface area contributed by atoms with E-state index in [0.717, 1.165) is 0 Å². The minimum atomic E-state index is -1.13. The number of aliphatic carboxylic acids is 1. The summed E-state index contributed by atoms with van der Waals surface area (Å²) in [4.78, 5) is 36.3. The zero-order valence-corrected chi connectivity index (χ0v) is 12.8. The lowest BCUT2D eigenvalue weighted by molar-refractivity contribution is -0.145. The molecule has 2 amide bonds. The Kier molecular flexibility index (Phi) is 4.24. The van der Waals surface area contributed by atoms with Crippen LogP contribution in [0.5, 0.6) is 0 Å². The maximum absolute atomic E-state index is 11.7. The molecule has 0 spiro atoms. The van der Waals surface area contributed by atoms with E-state index < -0.39 is 12.1 Å². The normalized spacial score (nSPS) is 19.2. The van der Waals surface area contributed by atoms with Crippen LogP contribution in [-0.2, 0) is 14.3 Å². The van der Waals surface area contributed by atoms with Gasteiger partial charge in [0.1, 0.15) is 5.70 Å². The summed E-state index contributed by atoms with van der Waals surface area (Å²) in [5, 5.41) is 11.7. The van der Waals surface area contributed by atoms with Crippen molar-refractivity contribution in [2.75, 3.05) is 11.9 Å². The van der Waals surface area contributed by atoms with E-state index in [1.807, 2.05) is 6.07 Å². The minimum Gasteiger partial charge on any atom is -0.477 e. The van der Waals surface area contributed by atoms with E-state index in [-0.39, 0.29) is 30.0 Å². The Balaban J connectivity index is 1.54. The molecule has 1 fully saturated rings. The number of rotatable bonds is 5. The highest BCUT2D eigenvalue weighted by Gasteiger charge is 2.48. The van der Waals surface area contributed by atoms with Gasteiger partial charge in [-0.1, -0.05) is 18.2 Å². The molecule has 2 aliphatic rings. The van der Waals surface area contributed by atoms with Crippen molar-refractivity contribution in [1.82, 2.24) is 4.90 Å². The van der Waals surface area contributed by atoms with E-state index >= 15 is 0 Å². The monoisotopic (exact) mass is 334 g/mol. The van der Waals surface area contributed by atoms with Crippen LogP contribution in [0.1, 0.15) is 12.8 Å². The number of anilines is 1. The molecule has 7 nitrogen and oxygen atoms in total. The van der Waals surface area contributed by atoms with Crippen LogP contribution >= 0.6 is 11.8 Å². The zero-order valence-electron chi connectivity index (χ0n) is 12.0. The standard InChI is InChI=1S/C15H14N2O5S/c18-11-8-12-17(11)13(14(19)20)10(23-12)6-7-22-15(21)16-9-4-2-1-3-5-9/h1-5,12H,6-8H2,(H,16,21)(H,19,20). The lowest BCUT2D eigenvalue weighted by Gasteiger charge is -2.33. The molecule has 0 radical (unpaired) electrons. The first-order valence-corrected chi connectivity index (χ1v) is 7.88. The summed E-state index contributed by atoms with van der Waals surface area (Å²) in [6, 6.07) is 8.87. The van der Waals surface area contributed by atoms with Gasteiger partial charge in [-0.3, -0.25) is 15.0 Å². The van der Waals surface area contributed by atoms with E-state index in [9.17, 15) is 19.5 Å². The Morgan fingerprint density at radius 1 is 1.35 bits per heavy atom. The van der Waals surface area contributed by atoms with Gasteiger partial charge in [-0.2, -0.15) is 0 Å². The molecule has 1 atom stereocenters. The smallest absolute Gasteiger partial charge is 0.411 e. The molecular weight excluding hydrogens is 320 g/mol. The molecule has 8 heteroatoms. The Morgan fingerprint density at radius 3 is 2.74 bits per heavy atom. The fourth-order valence-electron chi connectivity index (χ4n) is 2.42. The lowest BCUT2D eigenvalue weighted by atomic mass is 10.1. The van der Waals surface area contributed by atoms with Crippen molar-refractivity contribution in [3.63, 3.8) is 0 Å². The quantitative estimate of drug-likeness (QED) is 0.802. The van der Waals surface area contributed by atoms with Gasteiger partial charge in [-0.25, -0.2) is 9.59 Å². The van der Waals surface area contributed by atoms with Crippen molar-refractivity contribution >= 4 is 35.4 Å². The number of β-lactam (4-membered cyclic amide) rings is 1. The highest BCUT2D eigenvalue weighted by Crippen LogP contribution is 2.47. The number of hydrogen-bond acceptors (Lipinski definition) is 5. The average Bonchev–Trinajstić information content (AvgIpc) is 2.81. The number of nitrogens with one attached hydrogen (secondary N) is 1. The number of thioether (sulfide) groups is 1. The first-order valence-electron chi connectivity index (χ1n) is 7.00. The van der Waals surface area contributed by atoms with Gasteiger partial charge in [0.2, 0.25) is 5.91 Å². The summed E-state index contributed by atoms with van der Waals surface area (Å²) in [7, 11) is 0. The zero-order chi connectivity index (χ0) is 16.4. The second kappa shape index (κ2) is 6.33. The SMILES string of the molecule is O=C(Nc1ccccc1)OCCC1=C(C(=O)O)N2C(=O)CC2S1. The molecule has 1 saturated heterocycles. The second-order valence-electron chi connectivity index (χ2n) is 4.99. The van der Waals surface area contributed by atoms with Gasteiger partial charge in [0.15, 0.2) is 0 Å². The van der Waals surface area contributed by atoms with Crippen LogP contribution in [0.2, 0.25) is 0 Å². The van der Waals surface area contributed by atoms with E-state index in [1.165, 1.54) is 16.7 Å². The van der Waals surface area contributed by atoms with Gasteiger partial charge in [0.25, 0.3) is 0 Å². The maximum Gasteiger partial charge on any atom is 0.411 e. The fraction of sp³-hybridized carbons (Fsp3) is 0.267. The van der Waals surface area contributed by atoms with Gasteiger partial charge in [0.05, 0.1) is 18.4 Å². The first-order chi connectivity index (χ1) is 11.1. The number of nitrogens with zero attached hydrogens (tertiary/aromatic N) is 1. The Hall–Kier alpha value is -2.48. The Labute approximate surface area is 136 Å². The molecule has 1 unspecified atom stereocenters. The van der Waals surface area contributed by atoms with Crippen molar-refractivity contribution < 1.29 is 24.2 Å². The van der Waals surface area contributed by atoms with Crippen LogP contribution in [0.4, 0.5) is 10.5 Å². The summed E-state index contributed by atoms with van der Waals surface area (Å²) < 4.78 is 5.06. The number of fused-ring (bicyclic) bond motifs is 1. The third-order valence-electron chi connectivity index (χ3n) is 3.47. The van der Waals surface area contributed by atoms with Gasteiger partial charge < -0.3 is 9.84 Å². The largest absolute Gasteiger partial charge is 0.477 e. The number of ether oxygens (including phenoxy) is 1. The van der Waals surface area contributed by atoms with E-state index in [4.69, 9.17) is 4.74 Å². The lowest BCUT2D eigenvalue weighted by Crippen LogP contribution is -2.48. The average molecular weight is 334 g/mol. The molecule has 0 aromatic heterocycles. The highest BCUT2D eigenvalue weighted by molar-refractivity contribution is 8.04. The van der Waals surface area contributed by atoms with Crippen molar-refractivity contribution in [1.29, 1.82) is 0 Å². The fourth-order valence-corrected chi connectivity index (χ4v) is 3.80. The summed E-state index contributed by atoms with van der Waals surface area (Å²) >= 11 is 1.35. The molecule has 3 rings (SSSR count). The Morgan fingerprint density at radius 2 is 2.09 bits per heavy atom. The molecule has 2 aliphatic heterocycles. The molecule has 2 N–H and O–H groups in total. The molecule has 0 aliphatic carbocycles. The van der Waals surface area contributed by atoms with Gasteiger partial charge in [0, 0.05) is 17.0 Å². The molecule has 1 aromatic carbocycles. The summed E-state index contributed by atoms with van der Waals surface area (Å²) in [5.41, 5.74) is 0.635. The number of carbonyl (C=O) groups is 3. The van der Waals surface area contributed by atoms with Crippen LogP contribution in [0.3, 0.4) is 0 Å². The van der Waals surface area contributed by atoms with Crippen LogP contribution in [-0.4, -0.2) is 40.0 Å². The third kappa shape index (κ3) is 3.16. The summed E-state index contributed by atoms with van der Waals surface area (Å²) in [5.74, 6) is -1.31. The summed E-state index contributed by atoms with van der Waals surface area (Å²) in [6.45, 7) is 0.0481. The molecule has 0 saturated carbocycles. The van der Waals surface area contributed by atoms with Crippen molar-refractivity contribution in [3.05, 3.63) is 40.9 Å². The topological polar surface area (TPSA) is 95.9 Å². The van der Waals surface area contributed by atoms with Crippen molar-refractivity contribution in [3.8, 4) is 0 Å². The van der Waals surface area contributed by atoms with E-state index in [2.05, 4.69) is 5.32 Å². The number of carboxylic acid groups (broad SMARTS) is 1. The van der Waals surface area contributed by atoms with Crippen molar-refractivity contribution in [2.24, 2.45) is 0 Å². The minimum absolute atomic E-state index is 0.0170. The molecule has 0 bridgehead atoms. The van der Waals surface area contributed by atoms with Gasteiger partial charge in [-0.05, 0) is 12.1 Å². The number of hydrogen-bond donors (Lipinski definition) is 2. The van der Waals surface area contributed by atoms with Gasteiger partial charge in [-0.15, -0.1) is 11.8 Å². The number of carbonyl (C=O) groups excluding carboxylic acids is 2. The van der Waals surface area contributed by atoms with Gasteiger partial charge >= 0.3 is 12.1 Å². The first kappa shape index (κ1) is 15.4. The highest BCUT2D eigenvalue weighted by atomic mass is 32.2. The number of para-hydroxylation sites is 1. The number of amides is 2. The van der Waals surface area contributed by atoms with E-state index in [0.29, 0.717) is 17.0 Å². The van der Waals surface area contributed by atoms with E-state index in [1.54, 1.807) is 24.3 Å². The van der Waals surface area contributed by atoms with Crippen LogP contribution in [0.25, 0.3) is 0 Å². The van der Waals surface area contributed by atoms with Crippen LogP contribution < -0.4 is 5.32 Å². The second-order valence-corrected chi connectivity index (χ2v) is 6.27. The number of benzene rings is 1. The van der Waals surface area contributed by atoms with Crippen molar-refractivity contribution in [2.45, 2.75) is 18.2 Å².